The SMILES string of the molecule is CCc1c[nH]c(=S)n1-c1ccc(Br)c(Cl)c1. The first-order valence-corrected chi connectivity index (χ1v) is 6.46. The van der Waals surface area contributed by atoms with Crippen LogP contribution in [-0.2, 0) is 6.42 Å². The number of benzene rings is 1. The van der Waals surface area contributed by atoms with Gasteiger partial charge in [-0.15, -0.1) is 0 Å². The predicted molar refractivity (Wildman–Crippen MR) is 73.0 cm³/mol. The molecular weight excluding hydrogens is 308 g/mol. The molecule has 16 heavy (non-hydrogen) atoms. The van der Waals surface area contributed by atoms with Crippen LogP contribution in [0.4, 0.5) is 0 Å². The average Bonchev–Trinajstić information content (AvgIpc) is 2.64. The summed E-state index contributed by atoms with van der Waals surface area (Å²) >= 11 is 14.7. The summed E-state index contributed by atoms with van der Waals surface area (Å²) in [4.78, 5) is 3.04. The van der Waals surface area contributed by atoms with Crippen LogP contribution in [0.3, 0.4) is 0 Å². The van der Waals surface area contributed by atoms with Crippen molar-refractivity contribution in [3.05, 3.63) is 44.4 Å². The Morgan fingerprint density at radius 3 is 2.88 bits per heavy atom. The molecule has 5 heteroatoms. The van der Waals surface area contributed by atoms with Crippen molar-refractivity contribution in [3.63, 3.8) is 0 Å². The average molecular weight is 318 g/mol. The topological polar surface area (TPSA) is 20.7 Å². The first-order chi connectivity index (χ1) is 7.63. The zero-order valence-corrected chi connectivity index (χ0v) is 11.8. The fraction of sp³-hybridized carbons (Fsp3) is 0.182. The maximum atomic E-state index is 6.07. The number of hydrogen-bond donors (Lipinski definition) is 1. The Balaban J connectivity index is 2.62. The molecule has 84 valence electrons. The standard InChI is InChI=1S/C11H10BrClN2S/c1-2-7-6-14-11(16)15(7)8-3-4-9(12)10(13)5-8/h3-6H,2H2,1H3,(H,14,16). The van der Waals surface area contributed by atoms with E-state index in [9.17, 15) is 0 Å². The molecule has 0 aliphatic carbocycles. The monoisotopic (exact) mass is 316 g/mol. The van der Waals surface area contributed by atoms with Gasteiger partial charge in [0.2, 0.25) is 0 Å². The van der Waals surface area contributed by atoms with E-state index < -0.39 is 0 Å². The van der Waals surface area contributed by atoms with E-state index in [2.05, 4.69) is 27.8 Å². The molecule has 0 saturated carbocycles. The number of H-pyrrole nitrogens is 1. The predicted octanol–water partition coefficient (Wildman–Crippen LogP) is 4.51. The van der Waals surface area contributed by atoms with Crippen molar-refractivity contribution >= 4 is 39.7 Å². The first kappa shape index (κ1) is 11.9. The summed E-state index contributed by atoms with van der Waals surface area (Å²) in [6.45, 7) is 2.09. The Kier molecular flexibility index (Phi) is 3.52. The Morgan fingerprint density at radius 1 is 1.50 bits per heavy atom. The number of nitrogens with one attached hydrogen (secondary N) is 1. The summed E-state index contributed by atoms with van der Waals surface area (Å²) in [6.07, 6.45) is 2.85. The van der Waals surface area contributed by atoms with Crippen molar-refractivity contribution in [1.29, 1.82) is 0 Å². The molecule has 0 amide bonds. The second kappa shape index (κ2) is 4.73. The summed E-state index contributed by atoms with van der Waals surface area (Å²) in [6, 6.07) is 5.80. The number of aromatic nitrogens is 2. The second-order valence-electron chi connectivity index (χ2n) is 3.37. The molecule has 0 atom stereocenters. The van der Waals surface area contributed by atoms with Crippen LogP contribution in [0.1, 0.15) is 12.6 Å². The van der Waals surface area contributed by atoms with Gasteiger partial charge in [0, 0.05) is 22.1 Å². The van der Waals surface area contributed by atoms with Gasteiger partial charge in [0.1, 0.15) is 0 Å². The first-order valence-electron chi connectivity index (χ1n) is 4.88. The molecule has 0 radical (unpaired) electrons. The van der Waals surface area contributed by atoms with Gasteiger partial charge >= 0.3 is 0 Å². The molecule has 0 aliphatic heterocycles. The zero-order valence-electron chi connectivity index (χ0n) is 8.63. The molecule has 0 unspecified atom stereocenters. The highest BCUT2D eigenvalue weighted by molar-refractivity contribution is 9.10. The lowest BCUT2D eigenvalue weighted by Gasteiger charge is -2.07. The molecule has 1 N–H and O–H groups in total. The van der Waals surface area contributed by atoms with Gasteiger partial charge in [-0.2, -0.15) is 0 Å². The maximum absolute atomic E-state index is 6.07. The van der Waals surface area contributed by atoms with E-state index in [1.54, 1.807) is 0 Å². The van der Waals surface area contributed by atoms with E-state index >= 15 is 0 Å². The molecule has 2 rings (SSSR count). The fourth-order valence-electron chi connectivity index (χ4n) is 1.57. The Morgan fingerprint density at radius 2 is 2.25 bits per heavy atom. The van der Waals surface area contributed by atoms with Gasteiger partial charge in [-0.1, -0.05) is 18.5 Å². The highest BCUT2D eigenvalue weighted by atomic mass is 79.9. The van der Waals surface area contributed by atoms with E-state index in [1.165, 1.54) is 0 Å². The number of aryl methyl sites for hydroxylation is 1. The van der Waals surface area contributed by atoms with Crippen molar-refractivity contribution in [1.82, 2.24) is 9.55 Å². The van der Waals surface area contributed by atoms with Crippen LogP contribution in [0.25, 0.3) is 5.69 Å². The van der Waals surface area contributed by atoms with Crippen LogP contribution in [0.5, 0.6) is 0 Å². The van der Waals surface area contributed by atoms with Crippen LogP contribution in [0, 0.1) is 4.77 Å². The van der Waals surface area contributed by atoms with Crippen LogP contribution < -0.4 is 0 Å². The van der Waals surface area contributed by atoms with E-state index in [0.29, 0.717) is 9.79 Å². The third-order valence-corrected chi connectivity index (χ3v) is 3.91. The summed E-state index contributed by atoms with van der Waals surface area (Å²) in [5.74, 6) is 0. The van der Waals surface area contributed by atoms with Crippen LogP contribution in [0.2, 0.25) is 5.02 Å². The van der Waals surface area contributed by atoms with E-state index in [0.717, 1.165) is 22.3 Å². The summed E-state index contributed by atoms with van der Waals surface area (Å²) in [5.41, 5.74) is 2.12. The molecule has 1 heterocycles. The number of halogens is 2. The van der Waals surface area contributed by atoms with Gasteiger partial charge in [-0.3, -0.25) is 4.57 Å². The summed E-state index contributed by atoms with van der Waals surface area (Å²) < 4.78 is 3.57. The Bertz CT molecular complexity index is 574. The highest BCUT2D eigenvalue weighted by Gasteiger charge is 2.06. The third kappa shape index (κ3) is 2.10. The minimum Gasteiger partial charge on any atom is -0.337 e. The smallest absolute Gasteiger partial charge is 0.182 e. The van der Waals surface area contributed by atoms with Crippen molar-refractivity contribution in [3.8, 4) is 5.69 Å². The van der Waals surface area contributed by atoms with E-state index in [-0.39, 0.29) is 0 Å². The largest absolute Gasteiger partial charge is 0.337 e. The van der Waals surface area contributed by atoms with Gasteiger partial charge in [-0.05, 0) is 52.8 Å². The molecular formula is C11H10BrClN2S. The van der Waals surface area contributed by atoms with Crippen LogP contribution >= 0.6 is 39.7 Å². The lowest BCUT2D eigenvalue weighted by Crippen LogP contribution is -1.98. The minimum absolute atomic E-state index is 0.683. The zero-order chi connectivity index (χ0) is 11.7. The third-order valence-electron chi connectivity index (χ3n) is 2.38. The molecule has 0 spiro atoms. The van der Waals surface area contributed by atoms with Crippen molar-refractivity contribution in [2.75, 3.05) is 0 Å². The van der Waals surface area contributed by atoms with Gasteiger partial charge < -0.3 is 4.98 Å². The molecule has 1 aromatic heterocycles. The number of nitrogens with zero attached hydrogens (tertiary/aromatic N) is 1. The van der Waals surface area contributed by atoms with Crippen molar-refractivity contribution < 1.29 is 0 Å². The normalized spacial score (nSPS) is 10.7. The minimum atomic E-state index is 0.683. The molecule has 0 aliphatic rings. The van der Waals surface area contributed by atoms with Crippen molar-refractivity contribution in [2.45, 2.75) is 13.3 Å². The molecule has 2 aromatic rings. The van der Waals surface area contributed by atoms with Gasteiger partial charge in [0.15, 0.2) is 4.77 Å². The highest BCUT2D eigenvalue weighted by Crippen LogP contribution is 2.25. The molecule has 0 saturated heterocycles. The van der Waals surface area contributed by atoms with Gasteiger partial charge in [0.25, 0.3) is 0 Å². The number of aromatic amines is 1. The van der Waals surface area contributed by atoms with E-state index in [1.807, 2.05) is 29.0 Å². The number of hydrogen-bond acceptors (Lipinski definition) is 1. The lowest BCUT2D eigenvalue weighted by molar-refractivity contribution is 0.922. The fourth-order valence-corrected chi connectivity index (χ4v) is 2.27. The Hall–Kier alpha value is -0.580. The van der Waals surface area contributed by atoms with Crippen LogP contribution in [-0.4, -0.2) is 9.55 Å². The molecule has 1 aromatic carbocycles. The van der Waals surface area contributed by atoms with Crippen LogP contribution in [0.15, 0.2) is 28.9 Å². The van der Waals surface area contributed by atoms with Gasteiger partial charge in [-0.25, -0.2) is 0 Å². The van der Waals surface area contributed by atoms with Crippen molar-refractivity contribution in [2.24, 2.45) is 0 Å². The maximum Gasteiger partial charge on any atom is 0.182 e. The molecule has 0 fully saturated rings. The van der Waals surface area contributed by atoms with E-state index in [4.69, 9.17) is 23.8 Å². The second-order valence-corrected chi connectivity index (χ2v) is 5.02. The lowest BCUT2D eigenvalue weighted by atomic mass is 10.3. The molecule has 0 bridgehead atoms. The van der Waals surface area contributed by atoms with Gasteiger partial charge in [0.05, 0.1) is 5.02 Å². The quantitative estimate of drug-likeness (QED) is 0.808. The number of rotatable bonds is 2. The number of imidazole rings is 1. The Labute approximate surface area is 112 Å². The molecule has 2 nitrogen and oxygen atoms in total. The summed E-state index contributed by atoms with van der Waals surface area (Å²) in [5, 5.41) is 0.683. The summed E-state index contributed by atoms with van der Waals surface area (Å²) in [7, 11) is 0.